The molecule has 0 radical (unpaired) electrons. The Hall–Kier alpha value is -1.48. The van der Waals surface area contributed by atoms with E-state index in [4.69, 9.17) is 10.5 Å². The number of hydrogen-bond acceptors (Lipinski definition) is 2. The summed E-state index contributed by atoms with van der Waals surface area (Å²) in [5.74, 6) is 0.933. The molecule has 1 aromatic carbocycles. The number of benzene rings is 1. The maximum Gasteiger partial charge on any atom is 0.143 e. The van der Waals surface area contributed by atoms with Crippen LogP contribution in [-0.2, 0) is 6.54 Å². The number of aromatic nitrogens is 1. The first-order valence-electron chi connectivity index (χ1n) is 5.61. The highest BCUT2D eigenvalue weighted by atomic mass is 16.5. The van der Waals surface area contributed by atoms with Gasteiger partial charge in [-0.25, -0.2) is 0 Å². The smallest absolute Gasteiger partial charge is 0.143 e. The highest BCUT2D eigenvalue weighted by Crippen LogP contribution is 2.28. The minimum Gasteiger partial charge on any atom is -0.495 e. The fraction of sp³-hybridized carbons (Fsp3) is 0.385. The van der Waals surface area contributed by atoms with Crippen molar-refractivity contribution in [3.05, 3.63) is 30.0 Å². The zero-order valence-electron chi connectivity index (χ0n) is 9.86. The van der Waals surface area contributed by atoms with E-state index in [1.807, 2.05) is 12.1 Å². The van der Waals surface area contributed by atoms with Gasteiger partial charge in [-0.15, -0.1) is 0 Å². The predicted molar refractivity (Wildman–Crippen MR) is 66.9 cm³/mol. The average molecular weight is 218 g/mol. The molecule has 0 amide bonds. The van der Waals surface area contributed by atoms with Gasteiger partial charge in [0.25, 0.3) is 0 Å². The van der Waals surface area contributed by atoms with Gasteiger partial charge in [0.1, 0.15) is 5.75 Å². The Morgan fingerprint density at radius 2 is 2.19 bits per heavy atom. The largest absolute Gasteiger partial charge is 0.495 e. The van der Waals surface area contributed by atoms with E-state index in [-0.39, 0.29) is 0 Å². The Kier molecular flexibility index (Phi) is 3.15. The molecule has 1 aromatic heterocycles. The molecule has 2 N–H and O–H groups in total. The molecule has 0 saturated carbocycles. The van der Waals surface area contributed by atoms with Crippen molar-refractivity contribution in [1.82, 2.24) is 4.57 Å². The van der Waals surface area contributed by atoms with Crippen molar-refractivity contribution in [2.45, 2.75) is 19.9 Å². The number of methoxy groups -OCH3 is 1. The van der Waals surface area contributed by atoms with E-state index in [2.05, 4.69) is 23.6 Å². The van der Waals surface area contributed by atoms with Crippen molar-refractivity contribution in [2.24, 2.45) is 5.73 Å². The van der Waals surface area contributed by atoms with Crippen molar-refractivity contribution in [3.63, 3.8) is 0 Å². The molecule has 0 atom stereocenters. The lowest BCUT2D eigenvalue weighted by molar-refractivity contribution is 0.417. The van der Waals surface area contributed by atoms with E-state index in [1.165, 1.54) is 16.6 Å². The number of ether oxygens (including phenoxy) is 1. The number of aryl methyl sites for hydroxylation is 2. The third-order valence-corrected chi connectivity index (χ3v) is 2.90. The number of fused-ring (bicyclic) bond motifs is 1. The Labute approximate surface area is 95.8 Å². The van der Waals surface area contributed by atoms with E-state index in [0.717, 1.165) is 18.7 Å². The van der Waals surface area contributed by atoms with Gasteiger partial charge in [-0.2, -0.15) is 0 Å². The average Bonchev–Trinajstić information content (AvgIpc) is 2.62. The maximum atomic E-state index is 5.57. The number of rotatable bonds is 4. The monoisotopic (exact) mass is 218 g/mol. The van der Waals surface area contributed by atoms with Crippen LogP contribution in [0.2, 0.25) is 0 Å². The topological polar surface area (TPSA) is 40.2 Å². The minimum atomic E-state index is 0.717. The number of hydrogen-bond donors (Lipinski definition) is 1. The first-order valence-corrected chi connectivity index (χ1v) is 5.61. The van der Waals surface area contributed by atoms with Crippen LogP contribution in [0.3, 0.4) is 0 Å². The number of nitrogens with zero attached hydrogens (tertiary/aromatic N) is 1. The van der Waals surface area contributed by atoms with Crippen LogP contribution >= 0.6 is 0 Å². The second-order valence-electron chi connectivity index (χ2n) is 3.98. The third kappa shape index (κ3) is 1.78. The second kappa shape index (κ2) is 4.58. The van der Waals surface area contributed by atoms with E-state index in [9.17, 15) is 0 Å². The lowest BCUT2D eigenvalue weighted by atomic mass is 10.2. The zero-order valence-corrected chi connectivity index (χ0v) is 9.86. The van der Waals surface area contributed by atoms with E-state index in [0.29, 0.717) is 6.54 Å². The van der Waals surface area contributed by atoms with Crippen LogP contribution in [0.5, 0.6) is 5.75 Å². The molecule has 2 rings (SSSR count). The normalized spacial score (nSPS) is 10.9. The van der Waals surface area contributed by atoms with Gasteiger partial charge in [0.2, 0.25) is 0 Å². The molecule has 0 aliphatic carbocycles. The molecular weight excluding hydrogens is 200 g/mol. The molecule has 3 nitrogen and oxygen atoms in total. The summed E-state index contributed by atoms with van der Waals surface area (Å²) in [7, 11) is 1.71. The summed E-state index contributed by atoms with van der Waals surface area (Å²) in [6, 6.07) is 8.33. The molecule has 0 aliphatic heterocycles. The highest BCUT2D eigenvalue weighted by Gasteiger charge is 2.09. The fourth-order valence-electron chi connectivity index (χ4n) is 2.13. The van der Waals surface area contributed by atoms with Gasteiger partial charge < -0.3 is 15.0 Å². The Bertz CT molecular complexity index is 488. The maximum absolute atomic E-state index is 5.57. The Morgan fingerprint density at radius 3 is 2.88 bits per heavy atom. The van der Waals surface area contributed by atoms with Crippen molar-refractivity contribution in [3.8, 4) is 5.75 Å². The van der Waals surface area contributed by atoms with Crippen LogP contribution < -0.4 is 10.5 Å². The summed E-state index contributed by atoms with van der Waals surface area (Å²) >= 11 is 0. The molecule has 86 valence electrons. The van der Waals surface area contributed by atoms with Crippen molar-refractivity contribution in [1.29, 1.82) is 0 Å². The van der Waals surface area contributed by atoms with Crippen LogP contribution in [0.25, 0.3) is 10.9 Å². The summed E-state index contributed by atoms with van der Waals surface area (Å²) in [5.41, 5.74) is 8.00. The molecule has 1 heterocycles. The van der Waals surface area contributed by atoms with Crippen LogP contribution in [-0.4, -0.2) is 18.2 Å². The standard InChI is InChI=1S/C13H18N2O/c1-10-9-11-5-3-6-12(16-2)13(11)15(10)8-4-7-14/h3,5-6,9H,4,7-8,14H2,1-2H3. The van der Waals surface area contributed by atoms with Crippen molar-refractivity contribution in [2.75, 3.05) is 13.7 Å². The van der Waals surface area contributed by atoms with Crippen LogP contribution in [0, 0.1) is 6.92 Å². The van der Waals surface area contributed by atoms with Crippen LogP contribution in [0.15, 0.2) is 24.3 Å². The number of para-hydroxylation sites is 1. The quantitative estimate of drug-likeness (QED) is 0.855. The van der Waals surface area contributed by atoms with Crippen molar-refractivity contribution < 1.29 is 4.74 Å². The lowest BCUT2D eigenvalue weighted by Crippen LogP contribution is -2.07. The summed E-state index contributed by atoms with van der Waals surface area (Å²) in [6.45, 7) is 3.79. The summed E-state index contributed by atoms with van der Waals surface area (Å²) in [6.07, 6.45) is 0.989. The summed E-state index contributed by atoms with van der Waals surface area (Å²) in [5, 5.41) is 1.23. The fourth-order valence-corrected chi connectivity index (χ4v) is 2.13. The first-order chi connectivity index (χ1) is 7.77. The lowest BCUT2D eigenvalue weighted by Gasteiger charge is -2.10. The van der Waals surface area contributed by atoms with Gasteiger partial charge >= 0.3 is 0 Å². The third-order valence-electron chi connectivity index (χ3n) is 2.90. The van der Waals surface area contributed by atoms with Gasteiger partial charge in [-0.1, -0.05) is 12.1 Å². The summed E-state index contributed by atoms with van der Waals surface area (Å²) < 4.78 is 7.69. The van der Waals surface area contributed by atoms with E-state index >= 15 is 0 Å². The predicted octanol–water partition coefficient (Wildman–Crippen LogP) is 2.31. The molecule has 0 unspecified atom stereocenters. The van der Waals surface area contributed by atoms with Gasteiger partial charge in [-0.3, -0.25) is 0 Å². The molecule has 16 heavy (non-hydrogen) atoms. The first kappa shape index (κ1) is 11.0. The molecule has 3 heteroatoms. The van der Waals surface area contributed by atoms with Crippen LogP contribution in [0.4, 0.5) is 0 Å². The molecule has 0 saturated heterocycles. The van der Waals surface area contributed by atoms with Gasteiger partial charge in [-0.05, 0) is 32.0 Å². The molecule has 0 spiro atoms. The SMILES string of the molecule is COc1cccc2cc(C)n(CCCN)c12. The highest BCUT2D eigenvalue weighted by molar-refractivity contribution is 5.87. The van der Waals surface area contributed by atoms with E-state index < -0.39 is 0 Å². The van der Waals surface area contributed by atoms with Gasteiger partial charge in [0.15, 0.2) is 0 Å². The molecular formula is C13H18N2O. The Morgan fingerprint density at radius 1 is 1.38 bits per heavy atom. The molecule has 0 bridgehead atoms. The summed E-state index contributed by atoms with van der Waals surface area (Å²) in [4.78, 5) is 0. The van der Waals surface area contributed by atoms with Crippen LogP contribution in [0.1, 0.15) is 12.1 Å². The second-order valence-corrected chi connectivity index (χ2v) is 3.98. The number of nitrogens with two attached hydrogens (primary N) is 1. The zero-order chi connectivity index (χ0) is 11.5. The molecule has 0 fully saturated rings. The van der Waals surface area contributed by atoms with Crippen molar-refractivity contribution >= 4 is 10.9 Å². The van der Waals surface area contributed by atoms with E-state index in [1.54, 1.807) is 7.11 Å². The van der Waals surface area contributed by atoms with Gasteiger partial charge in [0, 0.05) is 17.6 Å². The Balaban J connectivity index is 2.56. The van der Waals surface area contributed by atoms with Gasteiger partial charge in [0.05, 0.1) is 12.6 Å². The molecule has 0 aliphatic rings. The minimum absolute atomic E-state index is 0.717. The molecule has 2 aromatic rings.